The normalized spacial score (nSPS) is 18.8. The standard InChI is InChI=1S/C14H22N4O3/c1-4-12-7-5-6-8-16(12)13(19)9-17-11(3)14(18(20)21)10(2)15-17/h12H,4-9H2,1-3H3/t12-/m1/s1. The summed E-state index contributed by atoms with van der Waals surface area (Å²) in [7, 11) is 0. The molecule has 0 radical (unpaired) electrons. The molecule has 116 valence electrons. The van der Waals surface area contributed by atoms with Gasteiger partial charge in [0.2, 0.25) is 5.91 Å². The number of aryl methyl sites for hydroxylation is 1. The van der Waals surface area contributed by atoms with Crippen molar-refractivity contribution < 1.29 is 9.72 Å². The van der Waals surface area contributed by atoms with E-state index in [1.807, 2.05) is 4.90 Å². The number of nitrogens with zero attached hydrogens (tertiary/aromatic N) is 4. The van der Waals surface area contributed by atoms with Crippen LogP contribution >= 0.6 is 0 Å². The van der Waals surface area contributed by atoms with Gasteiger partial charge in [0.1, 0.15) is 17.9 Å². The molecule has 1 fully saturated rings. The van der Waals surface area contributed by atoms with Gasteiger partial charge in [-0.25, -0.2) is 0 Å². The van der Waals surface area contributed by atoms with Gasteiger partial charge in [0.05, 0.1) is 4.92 Å². The monoisotopic (exact) mass is 294 g/mol. The molecule has 0 spiro atoms. The van der Waals surface area contributed by atoms with E-state index in [1.165, 1.54) is 4.68 Å². The summed E-state index contributed by atoms with van der Waals surface area (Å²) in [6.45, 7) is 6.18. The average molecular weight is 294 g/mol. The lowest BCUT2D eigenvalue weighted by Crippen LogP contribution is -2.45. The van der Waals surface area contributed by atoms with Gasteiger partial charge in [-0.3, -0.25) is 19.6 Å². The summed E-state index contributed by atoms with van der Waals surface area (Å²) >= 11 is 0. The summed E-state index contributed by atoms with van der Waals surface area (Å²) in [5, 5.41) is 15.1. The molecule has 1 atom stereocenters. The zero-order valence-corrected chi connectivity index (χ0v) is 12.8. The van der Waals surface area contributed by atoms with Crippen molar-refractivity contribution in [3.8, 4) is 0 Å². The van der Waals surface area contributed by atoms with Crippen LogP contribution in [0, 0.1) is 24.0 Å². The van der Waals surface area contributed by atoms with E-state index in [9.17, 15) is 14.9 Å². The molecule has 0 saturated carbocycles. The molecule has 7 nitrogen and oxygen atoms in total. The summed E-state index contributed by atoms with van der Waals surface area (Å²) in [4.78, 5) is 24.9. The molecule has 1 aliphatic heterocycles. The van der Waals surface area contributed by atoms with Crippen molar-refractivity contribution in [2.24, 2.45) is 0 Å². The molecular weight excluding hydrogens is 272 g/mol. The maximum absolute atomic E-state index is 12.5. The lowest BCUT2D eigenvalue weighted by atomic mass is 10.00. The molecular formula is C14H22N4O3. The van der Waals surface area contributed by atoms with Gasteiger partial charge in [-0.1, -0.05) is 6.92 Å². The predicted octanol–water partition coefficient (Wildman–Crippen LogP) is 2.20. The number of likely N-dealkylation sites (tertiary alicyclic amines) is 1. The van der Waals surface area contributed by atoms with Crippen LogP contribution in [0.5, 0.6) is 0 Å². The van der Waals surface area contributed by atoms with E-state index in [0.29, 0.717) is 17.4 Å². The highest BCUT2D eigenvalue weighted by atomic mass is 16.6. The fourth-order valence-corrected chi connectivity index (χ4v) is 3.08. The number of hydrogen-bond donors (Lipinski definition) is 0. The van der Waals surface area contributed by atoms with Crippen molar-refractivity contribution in [3.05, 3.63) is 21.5 Å². The molecule has 0 N–H and O–H groups in total. The van der Waals surface area contributed by atoms with Crippen LogP contribution in [-0.4, -0.2) is 38.1 Å². The highest BCUT2D eigenvalue weighted by Gasteiger charge is 2.28. The van der Waals surface area contributed by atoms with Crippen LogP contribution in [0.25, 0.3) is 0 Å². The van der Waals surface area contributed by atoms with E-state index in [1.54, 1.807) is 13.8 Å². The van der Waals surface area contributed by atoms with Gasteiger partial charge < -0.3 is 4.90 Å². The maximum atomic E-state index is 12.5. The summed E-state index contributed by atoms with van der Waals surface area (Å²) in [6.07, 6.45) is 4.18. The summed E-state index contributed by atoms with van der Waals surface area (Å²) in [6, 6.07) is 0.290. The Morgan fingerprint density at radius 3 is 2.71 bits per heavy atom. The summed E-state index contributed by atoms with van der Waals surface area (Å²) in [5.41, 5.74) is 0.806. The zero-order chi connectivity index (χ0) is 15.6. The van der Waals surface area contributed by atoms with Crippen molar-refractivity contribution in [1.82, 2.24) is 14.7 Å². The van der Waals surface area contributed by atoms with Crippen LogP contribution in [0.4, 0.5) is 5.69 Å². The third-order valence-electron chi connectivity index (χ3n) is 4.23. The second-order valence-electron chi connectivity index (χ2n) is 5.58. The molecule has 2 rings (SSSR count). The Bertz CT molecular complexity index is 553. The van der Waals surface area contributed by atoms with Crippen LogP contribution in [-0.2, 0) is 11.3 Å². The van der Waals surface area contributed by atoms with Gasteiger partial charge in [0, 0.05) is 12.6 Å². The minimum atomic E-state index is -0.436. The number of piperidine rings is 1. The highest BCUT2D eigenvalue weighted by Crippen LogP contribution is 2.23. The number of amides is 1. The van der Waals surface area contributed by atoms with Crippen LogP contribution in [0.15, 0.2) is 0 Å². The number of hydrogen-bond acceptors (Lipinski definition) is 4. The van der Waals surface area contributed by atoms with Gasteiger partial charge in [-0.05, 0) is 39.5 Å². The molecule has 1 aromatic heterocycles. The minimum absolute atomic E-state index is 0.00190. The smallest absolute Gasteiger partial charge is 0.312 e. The fourth-order valence-electron chi connectivity index (χ4n) is 3.08. The van der Waals surface area contributed by atoms with Crippen LogP contribution in [0.1, 0.15) is 44.0 Å². The topological polar surface area (TPSA) is 81.3 Å². The van der Waals surface area contributed by atoms with Crippen LogP contribution < -0.4 is 0 Å². The maximum Gasteiger partial charge on any atom is 0.312 e. The first-order valence-electron chi connectivity index (χ1n) is 7.43. The largest absolute Gasteiger partial charge is 0.338 e. The van der Waals surface area contributed by atoms with Crippen LogP contribution in [0.3, 0.4) is 0 Å². The van der Waals surface area contributed by atoms with E-state index in [4.69, 9.17) is 0 Å². The SMILES string of the molecule is CC[C@@H]1CCCCN1C(=O)Cn1nc(C)c([N+](=O)[O-])c1C. The molecule has 0 aromatic carbocycles. The third kappa shape index (κ3) is 3.06. The summed E-state index contributed by atoms with van der Waals surface area (Å²) < 4.78 is 1.46. The first kappa shape index (κ1) is 15.5. The Kier molecular flexibility index (Phi) is 4.59. The van der Waals surface area contributed by atoms with Crippen molar-refractivity contribution in [1.29, 1.82) is 0 Å². The molecule has 0 aliphatic carbocycles. The van der Waals surface area contributed by atoms with E-state index < -0.39 is 4.92 Å². The molecule has 0 unspecified atom stereocenters. The molecule has 0 bridgehead atoms. The number of nitro groups is 1. The predicted molar refractivity (Wildman–Crippen MR) is 78.0 cm³/mol. The average Bonchev–Trinajstić information content (AvgIpc) is 2.73. The molecule has 1 saturated heterocycles. The van der Waals surface area contributed by atoms with E-state index in [2.05, 4.69) is 12.0 Å². The lowest BCUT2D eigenvalue weighted by Gasteiger charge is -2.35. The van der Waals surface area contributed by atoms with Crippen molar-refractivity contribution >= 4 is 11.6 Å². The summed E-state index contributed by atoms with van der Waals surface area (Å²) in [5.74, 6) is 0.00190. The zero-order valence-electron chi connectivity index (χ0n) is 12.8. The lowest BCUT2D eigenvalue weighted by molar-refractivity contribution is -0.386. The molecule has 1 aromatic rings. The van der Waals surface area contributed by atoms with Crippen molar-refractivity contribution in [2.75, 3.05) is 6.54 Å². The third-order valence-corrected chi connectivity index (χ3v) is 4.23. The van der Waals surface area contributed by atoms with Gasteiger partial charge in [-0.15, -0.1) is 0 Å². The van der Waals surface area contributed by atoms with Gasteiger partial charge in [-0.2, -0.15) is 5.10 Å². The Labute approximate surface area is 124 Å². The molecule has 7 heteroatoms. The number of carbonyl (C=O) groups is 1. The Hall–Kier alpha value is -1.92. The van der Waals surface area contributed by atoms with Crippen molar-refractivity contribution in [2.45, 2.75) is 59.0 Å². The van der Waals surface area contributed by atoms with E-state index >= 15 is 0 Å². The number of aromatic nitrogens is 2. The first-order valence-corrected chi connectivity index (χ1v) is 7.43. The Morgan fingerprint density at radius 1 is 1.43 bits per heavy atom. The van der Waals surface area contributed by atoms with Gasteiger partial charge in [0.15, 0.2) is 0 Å². The van der Waals surface area contributed by atoms with E-state index in [-0.39, 0.29) is 18.1 Å². The second kappa shape index (κ2) is 6.24. The van der Waals surface area contributed by atoms with Gasteiger partial charge in [0.25, 0.3) is 0 Å². The Balaban J connectivity index is 2.16. The highest BCUT2D eigenvalue weighted by molar-refractivity contribution is 5.76. The quantitative estimate of drug-likeness (QED) is 0.629. The van der Waals surface area contributed by atoms with Gasteiger partial charge >= 0.3 is 5.69 Å². The number of rotatable bonds is 4. The molecule has 21 heavy (non-hydrogen) atoms. The number of carbonyl (C=O) groups excluding carboxylic acids is 1. The molecule has 1 amide bonds. The second-order valence-corrected chi connectivity index (χ2v) is 5.58. The van der Waals surface area contributed by atoms with Crippen molar-refractivity contribution in [3.63, 3.8) is 0 Å². The van der Waals surface area contributed by atoms with Crippen LogP contribution in [0.2, 0.25) is 0 Å². The Morgan fingerprint density at radius 2 is 2.14 bits per heavy atom. The fraction of sp³-hybridized carbons (Fsp3) is 0.714. The molecule has 2 heterocycles. The van der Waals surface area contributed by atoms with E-state index in [0.717, 1.165) is 32.2 Å². The minimum Gasteiger partial charge on any atom is -0.338 e. The first-order chi connectivity index (χ1) is 9.95. The molecule has 1 aliphatic rings.